The molecule has 0 radical (unpaired) electrons. The molecule has 2 N–H and O–H groups in total. The molecule has 0 unspecified atom stereocenters. The van der Waals surface area contributed by atoms with Gasteiger partial charge in [0.15, 0.2) is 0 Å². The van der Waals surface area contributed by atoms with Gasteiger partial charge < -0.3 is 9.84 Å². The molecule has 0 saturated heterocycles. The number of hydrogen-bond donors (Lipinski definition) is 2. The fraction of sp³-hybridized carbons (Fsp3) is 0.222. The van der Waals surface area contributed by atoms with Gasteiger partial charge in [0.1, 0.15) is 5.60 Å². The Hall–Kier alpha value is -2.53. The standard InChI is InChI=1S/C18H18ClNO4/c1-18(2,3)24-17(23)20-13-7-4-11(5-8-13)12-6-9-14(16(21)22)15(19)10-12/h4-10H,1-3H3,(H,20,23)(H,21,22). The number of carbonyl (C=O) groups excluding carboxylic acids is 1. The van der Waals surface area contributed by atoms with Crippen LogP contribution in [0.2, 0.25) is 5.02 Å². The average molecular weight is 348 g/mol. The van der Waals surface area contributed by atoms with E-state index in [-0.39, 0.29) is 10.6 Å². The second-order valence-corrected chi connectivity index (χ2v) is 6.61. The Morgan fingerprint density at radius 3 is 2.12 bits per heavy atom. The van der Waals surface area contributed by atoms with Crippen molar-refractivity contribution in [3.8, 4) is 11.1 Å². The molecule has 0 aliphatic carbocycles. The third kappa shape index (κ3) is 4.73. The van der Waals surface area contributed by atoms with Gasteiger partial charge in [-0.2, -0.15) is 0 Å². The van der Waals surface area contributed by atoms with Crippen LogP contribution in [0.25, 0.3) is 11.1 Å². The highest BCUT2D eigenvalue weighted by Gasteiger charge is 2.16. The van der Waals surface area contributed by atoms with Crippen LogP contribution >= 0.6 is 11.6 Å². The molecule has 5 nitrogen and oxygen atoms in total. The number of halogens is 1. The summed E-state index contributed by atoms with van der Waals surface area (Å²) in [7, 11) is 0. The number of benzene rings is 2. The van der Waals surface area contributed by atoms with Gasteiger partial charge in [-0.1, -0.05) is 29.8 Å². The van der Waals surface area contributed by atoms with Crippen LogP contribution in [-0.2, 0) is 4.74 Å². The molecule has 0 aliphatic rings. The van der Waals surface area contributed by atoms with Crippen molar-refractivity contribution in [2.45, 2.75) is 26.4 Å². The summed E-state index contributed by atoms with van der Waals surface area (Å²) < 4.78 is 5.18. The highest BCUT2D eigenvalue weighted by molar-refractivity contribution is 6.33. The van der Waals surface area contributed by atoms with Gasteiger partial charge in [0.2, 0.25) is 0 Å². The summed E-state index contributed by atoms with van der Waals surface area (Å²) in [5.41, 5.74) is 1.73. The molecule has 0 bridgehead atoms. The molecule has 1 amide bonds. The fourth-order valence-electron chi connectivity index (χ4n) is 2.04. The van der Waals surface area contributed by atoms with Crippen molar-refractivity contribution in [2.75, 3.05) is 5.32 Å². The minimum Gasteiger partial charge on any atom is -0.478 e. The Morgan fingerprint density at radius 1 is 1.04 bits per heavy atom. The molecule has 0 spiro atoms. The molecular weight excluding hydrogens is 330 g/mol. The maximum Gasteiger partial charge on any atom is 0.412 e. The first-order valence-corrected chi connectivity index (χ1v) is 7.67. The third-order valence-electron chi connectivity index (χ3n) is 3.06. The van der Waals surface area contributed by atoms with Crippen molar-refractivity contribution in [3.05, 3.63) is 53.1 Å². The average Bonchev–Trinajstić information content (AvgIpc) is 2.45. The van der Waals surface area contributed by atoms with Gasteiger partial charge in [0, 0.05) is 5.69 Å². The predicted octanol–water partition coefficient (Wildman–Crippen LogP) is 5.05. The monoisotopic (exact) mass is 347 g/mol. The number of aromatic carboxylic acids is 1. The smallest absolute Gasteiger partial charge is 0.412 e. The van der Waals surface area contributed by atoms with Crippen LogP contribution in [0.15, 0.2) is 42.5 Å². The van der Waals surface area contributed by atoms with Gasteiger partial charge in [0.25, 0.3) is 0 Å². The lowest BCUT2D eigenvalue weighted by Gasteiger charge is -2.19. The minimum atomic E-state index is -1.07. The third-order valence-corrected chi connectivity index (χ3v) is 3.38. The zero-order valence-electron chi connectivity index (χ0n) is 13.6. The number of carboxylic acids is 1. The Labute approximate surface area is 145 Å². The number of amides is 1. The van der Waals surface area contributed by atoms with Crippen molar-refractivity contribution < 1.29 is 19.4 Å². The van der Waals surface area contributed by atoms with E-state index in [0.29, 0.717) is 5.69 Å². The van der Waals surface area contributed by atoms with E-state index in [4.69, 9.17) is 21.4 Å². The second kappa shape index (κ2) is 6.93. The SMILES string of the molecule is CC(C)(C)OC(=O)Nc1ccc(-c2ccc(C(=O)O)c(Cl)c2)cc1. The number of ether oxygens (including phenoxy) is 1. The van der Waals surface area contributed by atoms with E-state index in [0.717, 1.165) is 11.1 Å². The summed E-state index contributed by atoms with van der Waals surface area (Å²) in [4.78, 5) is 22.7. The second-order valence-electron chi connectivity index (χ2n) is 6.20. The van der Waals surface area contributed by atoms with E-state index in [1.807, 2.05) is 0 Å². The molecule has 2 rings (SSSR count). The minimum absolute atomic E-state index is 0.0589. The van der Waals surface area contributed by atoms with E-state index in [1.54, 1.807) is 57.2 Å². The van der Waals surface area contributed by atoms with Gasteiger partial charge in [-0.15, -0.1) is 0 Å². The molecule has 6 heteroatoms. The van der Waals surface area contributed by atoms with Gasteiger partial charge in [-0.25, -0.2) is 9.59 Å². The molecule has 2 aromatic carbocycles. The molecule has 0 aromatic heterocycles. The summed E-state index contributed by atoms with van der Waals surface area (Å²) in [6, 6.07) is 11.8. The summed E-state index contributed by atoms with van der Waals surface area (Å²) in [6.07, 6.45) is -0.524. The maximum atomic E-state index is 11.7. The highest BCUT2D eigenvalue weighted by Crippen LogP contribution is 2.27. The lowest BCUT2D eigenvalue weighted by Crippen LogP contribution is -2.27. The fourth-order valence-corrected chi connectivity index (χ4v) is 2.30. The van der Waals surface area contributed by atoms with E-state index in [2.05, 4.69) is 5.32 Å². The lowest BCUT2D eigenvalue weighted by molar-refractivity contribution is 0.0634. The topological polar surface area (TPSA) is 75.6 Å². The number of rotatable bonds is 3. The summed E-state index contributed by atoms with van der Waals surface area (Å²) in [6.45, 7) is 5.38. The number of carboxylic acid groups (broad SMARTS) is 1. The van der Waals surface area contributed by atoms with Gasteiger partial charge in [-0.3, -0.25) is 5.32 Å². The first kappa shape index (κ1) is 17.8. The van der Waals surface area contributed by atoms with Crippen LogP contribution in [0.4, 0.5) is 10.5 Å². The summed E-state index contributed by atoms with van der Waals surface area (Å²) >= 11 is 5.98. The Morgan fingerprint density at radius 2 is 1.62 bits per heavy atom. The van der Waals surface area contributed by atoms with Crippen LogP contribution in [0, 0.1) is 0 Å². The van der Waals surface area contributed by atoms with Crippen molar-refractivity contribution >= 4 is 29.4 Å². The van der Waals surface area contributed by atoms with E-state index in [9.17, 15) is 9.59 Å². The normalized spacial score (nSPS) is 11.0. The van der Waals surface area contributed by atoms with E-state index >= 15 is 0 Å². The van der Waals surface area contributed by atoms with Crippen LogP contribution in [-0.4, -0.2) is 22.8 Å². The van der Waals surface area contributed by atoms with Crippen LogP contribution in [0.1, 0.15) is 31.1 Å². The van der Waals surface area contributed by atoms with Crippen LogP contribution in [0.5, 0.6) is 0 Å². The molecule has 0 aliphatic heterocycles. The first-order valence-electron chi connectivity index (χ1n) is 7.29. The molecule has 126 valence electrons. The van der Waals surface area contributed by atoms with Crippen molar-refractivity contribution in [1.82, 2.24) is 0 Å². The molecule has 0 heterocycles. The molecule has 0 atom stereocenters. The van der Waals surface area contributed by atoms with Crippen molar-refractivity contribution in [2.24, 2.45) is 0 Å². The number of nitrogens with one attached hydrogen (secondary N) is 1. The molecule has 0 saturated carbocycles. The first-order chi connectivity index (χ1) is 11.2. The Kier molecular flexibility index (Phi) is 5.14. The molecule has 24 heavy (non-hydrogen) atoms. The van der Waals surface area contributed by atoms with Crippen molar-refractivity contribution in [1.29, 1.82) is 0 Å². The number of anilines is 1. The zero-order chi connectivity index (χ0) is 17.9. The van der Waals surface area contributed by atoms with Gasteiger partial charge in [0.05, 0.1) is 10.6 Å². The highest BCUT2D eigenvalue weighted by atomic mass is 35.5. The summed E-state index contributed by atoms with van der Waals surface area (Å²) in [5.74, 6) is -1.07. The summed E-state index contributed by atoms with van der Waals surface area (Å²) in [5, 5.41) is 11.8. The van der Waals surface area contributed by atoms with Gasteiger partial charge in [-0.05, 0) is 56.2 Å². The number of hydrogen-bond acceptors (Lipinski definition) is 3. The largest absolute Gasteiger partial charge is 0.478 e. The molecule has 0 fully saturated rings. The Balaban J connectivity index is 2.13. The zero-order valence-corrected chi connectivity index (χ0v) is 14.3. The lowest BCUT2D eigenvalue weighted by atomic mass is 10.0. The predicted molar refractivity (Wildman–Crippen MR) is 93.7 cm³/mol. The van der Waals surface area contributed by atoms with E-state index < -0.39 is 17.7 Å². The van der Waals surface area contributed by atoms with Crippen LogP contribution in [0.3, 0.4) is 0 Å². The maximum absolute atomic E-state index is 11.7. The number of carbonyl (C=O) groups is 2. The Bertz CT molecular complexity index is 764. The van der Waals surface area contributed by atoms with E-state index in [1.165, 1.54) is 6.07 Å². The van der Waals surface area contributed by atoms with Gasteiger partial charge >= 0.3 is 12.1 Å². The van der Waals surface area contributed by atoms with Crippen molar-refractivity contribution in [3.63, 3.8) is 0 Å². The van der Waals surface area contributed by atoms with Crippen LogP contribution < -0.4 is 5.32 Å². The molecule has 2 aromatic rings. The quantitative estimate of drug-likeness (QED) is 0.814. The molecular formula is C18H18ClNO4.